The van der Waals surface area contributed by atoms with E-state index in [-0.39, 0.29) is 0 Å². The van der Waals surface area contributed by atoms with Crippen LogP contribution < -0.4 is 14.9 Å². The zero-order valence-electron chi connectivity index (χ0n) is 18.3. The molecule has 2 N–H and O–H groups in total. The minimum absolute atomic E-state index is 0.331. The first-order valence-electron chi connectivity index (χ1n) is 10.9. The molecular formula is C25H30N4O2S. The molecule has 1 heterocycles. The maximum atomic E-state index is 11.4. The fourth-order valence-corrected chi connectivity index (χ4v) is 4.66. The first kappa shape index (κ1) is 22.2. The molecule has 1 aliphatic heterocycles. The average molecular weight is 451 g/mol. The Bertz CT molecular complexity index is 1090. The lowest BCUT2D eigenvalue weighted by Crippen LogP contribution is -2.55. The molecule has 1 atom stereocenters. The van der Waals surface area contributed by atoms with Crippen LogP contribution in [0.4, 0.5) is 17.1 Å². The lowest BCUT2D eigenvalue weighted by atomic mass is 10.1. The highest BCUT2D eigenvalue weighted by Gasteiger charge is 2.27. The van der Waals surface area contributed by atoms with E-state index in [4.69, 9.17) is 0 Å². The third-order valence-electron chi connectivity index (χ3n) is 5.68. The number of nitrogens with zero attached hydrogens (tertiary/aromatic N) is 2. The van der Waals surface area contributed by atoms with Crippen molar-refractivity contribution in [2.24, 2.45) is 0 Å². The second-order valence-corrected chi connectivity index (χ2v) is 9.97. The molecule has 0 amide bonds. The second kappa shape index (κ2) is 10.1. The van der Waals surface area contributed by atoms with Gasteiger partial charge in [0.25, 0.3) is 0 Å². The van der Waals surface area contributed by atoms with Gasteiger partial charge in [-0.25, -0.2) is 8.42 Å². The molecule has 1 saturated heterocycles. The fraction of sp³-hybridized carbons (Fsp3) is 0.280. The van der Waals surface area contributed by atoms with E-state index in [2.05, 4.69) is 80.5 Å². The van der Waals surface area contributed by atoms with Crippen molar-refractivity contribution >= 4 is 27.1 Å². The van der Waals surface area contributed by atoms with Crippen LogP contribution in [-0.2, 0) is 16.6 Å². The van der Waals surface area contributed by atoms with E-state index >= 15 is 0 Å². The number of hydrogen-bond acceptors (Lipinski definition) is 5. The predicted molar refractivity (Wildman–Crippen MR) is 133 cm³/mol. The molecule has 0 aromatic heterocycles. The fourth-order valence-electron chi connectivity index (χ4n) is 4.09. The van der Waals surface area contributed by atoms with Gasteiger partial charge in [-0.15, -0.1) is 0 Å². The van der Waals surface area contributed by atoms with Crippen LogP contribution >= 0.6 is 0 Å². The summed E-state index contributed by atoms with van der Waals surface area (Å²) in [6, 6.07) is 28.9. The van der Waals surface area contributed by atoms with Gasteiger partial charge in [0.2, 0.25) is 10.0 Å². The van der Waals surface area contributed by atoms with Crippen LogP contribution in [0.2, 0.25) is 0 Å². The standard InChI is InChI=1S/C25H30N4O2S/c1-32(30,31)27-23-14-12-22(13-15-23)26-18-25-20-29(24-10-6-3-7-11-24)17-16-28(25)19-21-8-4-2-5-9-21/h2-15,25-27H,16-20H2,1H3. The molecular weight excluding hydrogens is 420 g/mol. The van der Waals surface area contributed by atoms with Crippen LogP contribution in [0.5, 0.6) is 0 Å². The Morgan fingerprint density at radius 3 is 2.12 bits per heavy atom. The Balaban J connectivity index is 1.44. The molecule has 3 aromatic rings. The number of hydrogen-bond donors (Lipinski definition) is 2. The van der Waals surface area contributed by atoms with E-state index in [0.717, 1.165) is 44.7 Å². The third kappa shape index (κ3) is 6.24. The van der Waals surface area contributed by atoms with Gasteiger partial charge in [-0.3, -0.25) is 9.62 Å². The van der Waals surface area contributed by atoms with Crippen molar-refractivity contribution < 1.29 is 8.42 Å². The van der Waals surface area contributed by atoms with Crippen molar-refractivity contribution in [3.63, 3.8) is 0 Å². The van der Waals surface area contributed by atoms with Gasteiger partial charge in [0.05, 0.1) is 6.26 Å². The molecule has 0 bridgehead atoms. The third-order valence-corrected chi connectivity index (χ3v) is 6.29. The van der Waals surface area contributed by atoms with Crippen molar-refractivity contribution in [2.75, 3.05) is 47.4 Å². The van der Waals surface area contributed by atoms with Crippen molar-refractivity contribution in [3.05, 3.63) is 90.5 Å². The lowest BCUT2D eigenvalue weighted by Gasteiger charge is -2.42. The summed E-state index contributed by atoms with van der Waals surface area (Å²) in [5.74, 6) is 0. The number of piperazine rings is 1. The molecule has 1 aliphatic rings. The molecule has 4 rings (SSSR count). The van der Waals surface area contributed by atoms with Crippen LogP contribution in [0.25, 0.3) is 0 Å². The Morgan fingerprint density at radius 1 is 0.844 bits per heavy atom. The minimum Gasteiger partial charge on any atom is -0.383 e. The number of nitrogens with one attached hydrogen (secondary N) is 2. The first-order chi connectivity index (χ1) is 15.5. The molecule has 1 fully saturated rings. The highest BCUT2D eigenvalue weighted by molar-refractivity contribution is 7.92. The highest BCUT2D eigenvalue weighted by Crippen LogP contribution is 2.22. The van der Waals surface area contributed by atoms with Crippen molar-refractivity contribution in [3.8, 4) is 0 Å². The molecule has 7 heteroatoms. The molecule has 0 radical (unpaired) electrons. The molecule has 0 spiro atoms. The topological polar surface area (TPSA) is 64.7 Å². The quantitative estimate of drug-likeness (QED) is 0.546. The van der Waals surface area contributed by atoms with Crippen LogP contribution in [0.3, 0.4) is 0 Å². The summed E-state index contributed by atoms with van der Waals surface area (Å²) in [7, 11) is -3.27. The van der Waals surface area contributed by atoms with Gasteiger partial charge < -0.3 is 10.2 Å². The Kier molecular flexibility index (Phi) is 6.97. The summed E-state index contributed by atoms with van der Waals surface area (Å²) in [6.07, 6.45) is 1.15. The normalized spacial score (nSPS) is 17.2. The van der Waals surface area contributed by atoms with Crippen molar-refractivity contribution in [1.82, 2.24) is 4.90 Å². The number of rotatable bonds is 8. The number of anilines is 3. The molecule has 0 saturated carbocycles. The van der Waals surface area contributed by atoms with Crippen molar-refractivity contribution in [2.45, 2.75) is 12.6 Å². The summed E-state index contributed by atoms with van der Waals surface area (Å²) >= 11 is 0. The number of para-hydroxylation sites is 1. The first-order valence-corrected chi connectivity index (χ1v) is 12.8. The van der Waals surface area contributed by atoms with Crippen LogP contribution in [0.1, 0.15) is 5.56 Å². The maximum absolute atomic E-state index is 11.4. The summed E-state index contributed by atoms with van der Waals surface area (Å²) in [5, 5.41) is 3.55. The summed E-state index contributed by atoms with van der Waals surface area (Å²) in [6.45, 7) is 4.66. The van der Waals surface area contributed by atoms with Gasteiger partial charge in [0, 0.05) is 55.8 Å². The number of sulfonamides is 1. The highest BCUT2D eigenvalue weighted by atomic mass is 32.2. The maximum Gasteiger partial charge on any atom is 0.229 e. The van der Waals surface area contributed by atoms with Gasteiger partial charge >= 0.3 is 0 Å². The zero-order valence-corrected chi connectivity index (χ0v) is 19.1. The molecule has 1 unspecified atom stereocenters. The smallest absolute Gasteiger partial charge is 0.229 e. The molecule has 32 heavy (non-hydrogen) atoms. The largest absolute Gasteiger partial charge is 0.383 e. The Labute approximate surface area is 190 Å². The van der Waals surface area contributed by atoms with E-state index in [1.807, 2.05) is 12.1 Å². The minimum atomic E-state index is -3.27. The van der Waals surface area contributed by atoms with E-state index in [1.54, 1.807) is 12.1 Å². The average Bonchev–Trinajstić information content (AvgIpc) is 2.80. The predicted octanol–water partition coefficient (Wildman–Crippen LogP) is 3.86. The van der Waals surface area contributed by atoms with Gasteiger partial charge in [0.1, 0.15) is 0 Å². The van der Waals surface area contributed by atoms with Gasteiger partial charge in [-0.2, -0.15) is 0 Å². The Morgan fingerprint density at radius 2 is 1.47 bits per heavy atom. The lowest BCUT2D eigenvalue weighted by molar-refractivity contribution is 0.176. The zero-order chi connectivity index (χ0) is 22.4. The van der Waals surface area contributed by atoms with Crippen LogP contribution in [-0.4, -0.2) is 51.8 Å². The van der Waals surface area contributed by atoms with Gasteiger partial charge in [-0.05, 0) is 42.0 Å². The van der Waals surface area contributed by atoms with Crippen LogP contribution in [0.15, 0.2) is 84.9 Å². The molecule has 0 aliphatic carbocycles. The molecule has 6 nitrogen and oxygen atoms in total. The van der Waals surface area contributed by atoms with E-state index in [0.29, 0.717) is 11.7 Å². The van der Waals surface area contributed by atoms with E-state index in [1.165, 1.54) is 11.3 Å². The molecule has 3 aromatic carbocycles. The van der Waals surface area contributed by atoms with Gasteiger partial charge in [0.15, 0.2) is 0 Å². The van der Waals surface area contributed by atoms with Crippen molar-refractivity contribution in [1.29, 1.82) is 0 Å². The SMILES string of the molecule is CS(=O)(=O)Nc1ccc(NCC2CN(c3ccccc3)CCN2Cc2ccccc2)cc1. The monoisotopic (exact) mass is 450 g/mol. The summed E-state index contributed by atoms with van der Waals surface area (Å²) in [4.78, 5) is 4.99. The van der Waals surface area contributed by atoms with Crippen LogP contribution in [0, 0.1) is 0 Å². The summed E-state index contributed by atoms with van der Waals surface area (Å²) < 4.78 is 25.3. The molecule has 168 valence electrons. The summed E-state index contributed by atoms with van der Waals surface area (Å²) in [5.41, 5.74) is 4.12. The second-order valence-electron chi connectivity index (χ2n) is 8.22. The van der Waals surface area contributed by atoms with Gasteiger partial charge in [-0.1, -0.05) is 48.5 Å². The Hall–Kier alpha value is -3.03. The van der Waals surface area contributed by atoms with E-state index in [9.17, 15) is 8.42 Å². The number of benzene rings is 3. The van der Waals surface area contributed by atoms with E-state index < -0.39 is 10.0 Å².